The molecule has 0 aliphatic heterocycles. The number of hydrogen-bond donors (Lipinski definition) is 2. The standard InChI is InChI=1S/C12H11BrFN3O4S/c1-2-21-12(18)8-6-15-16-11(8)22(19,20)17-10-4-3-7(13)5-9(10)14/h3-6,17H,2H2,1H3,(H,15,16). The van der Waals surface area contributed by atoms with Crippen LogP contribution in [0.4, 0.5) is 10.1 Å². The molecule has 2 rings (SSSR count). The highest BCUT2D eigenvalue weighted by molar-refractivity contribution is 9.10. The zero-order valence-electron chi connectivity index (χ0n) is 11.3. The number of esters is 1. The molecule has 1 aromatic heterocycles. The summed E-state index contributed by atoms with van der Waals surface area (Å²) in [4.78, 5) is 11.7. The summed E-state index contributed by atoms with van der Waals surface area (Å²) in [6, 6.07) is 3.83. The van der Waals surface area contributed by atoms with Gasteiger partial charge in [0.1, 0.15) is 11.4 Å². The molecule has 0 radical (unpaired) electrons. The zero-order valence-corrected chi connectivity index (χ0v) is 13.7. The van der Waals surface area contributed by atoms with Crippen molar-refractivity contribution in [3.05, 3.63) is 40.2 Å². The van der Waals surface area contributed by atoms with Crippen molar-refractivity contribution in [2.24, 2.45) is 0 Å². The minimum atomic E-state index is -4.22. The van der Waals surface area contributed by atoms with Gasteiger partial charge in [-0.05, 0) is 25.1 Å². The summed E-state index contributed by atoms with van der Waals surface area (Å²) in [6.45, 7) is 1.67. The number of halogens is 2. The van der Waals surface area contributed by atoms with Crippen LogP contribution in [0.1, 0.15) is 17.3 Å². The van der Waals surface area contributed by atoms with E-state index in [0.29, 0.717) is 4.47 Å². The van der Waals surface area contributed by atoms with Gasteiger partial charge in [-0.2, -0.15) is 13.5 Å². The molecule has 118 valence electrons. The zero-order chi connectivity index (χ0) is 16.3. The van der Waals surface area contributed by atoms with Gasteiger partial charge in [-0.1, -0.05) is 15.9 Å². The highest BCUT2D eigenvalue weighted by atomic mass is 79.9. The van der Waals surface area contributed by atoms with Gasteiger partial charge in [-0.3, -0.25) is 9.82 Å². The number of carbonyl (C=O) groups is 1. The lowest BCUT2D eigenvalue weighted by atomic mass is 10.3. The van der Waals surface area contributed by atoms with E-state index in [-0.39, 0.29) is 17.9 Å². The first-order chi connectivity index (χ1) is 10.3. The molecule has 0 spiro atoms. The summed E-state index contributed by atoms with van der Waals surface area (Å²) in [5.41, 5.74) is -0.514. The molecule has 0 saturated heterocycles. The lowest BCUT2D eigenvalue weighted by molar-refractivity contribution is 0.0522. The Morgan fingerprint density at radius 2 is 2.23 bits per heavy atom. The van der Waals surface area contributed by atoms with Gasteiger partial charge in [0.15, 0.2) is 5.03 Å². The van der Waals surface area contributed by atoms with Crippen LogP contribution in [-0.4, -0.2) is 31.2 Å². The number of nitrogens with zero attached hydrogens (tertiary/aromatic N) is 1. The van der Waals surface area contributed by atoms with E-state index in [4.69, 9.17) is 4.74 Å². The van der Waals surface area contributed by atoms with E-state index in [1.165, 1.54) is 12.1 Å². The maximum Gasteiger partial charge on any atom is 0.342 e. The van der Waals surface area contributed by atoms with Crippen LogP contribution in [0, 0.1) is 5.82 Å². The van der Waals surface area contributed by atoms with Crippen LogP contribution < -0.4 is 4.72 Å². The van der Waals surface area contributed by atoms with Crippen LogP contribution in [0.2, 0.25) is 0 Å². The molecule has 0 bridgehead atoms. The Morgan fingerprint density at radius 1 is 1.50 bits per heavy atom. The lowest BCUT2D eigenvalue weighted by Gasteiger charge is -2.09. The van der Waals surface area contributed by atoms with Gasteiger partial charge in [0, 0.05) is 4.47 Å². The van der Waals surface area contributed by atoms with Crippen molar-refractivity contribution in [1.29, 1.82) is 0 Å². The van der Waals surface area contributed by atoms with Gasteiger partial charge < -0.3 is 4.74 Å². The molecule has 1 aromatic carbocycles. The Bertz CT molecular complexity index is 806. The summed E-state index contributed by atoms with van der Waals surface area (Å²) in [5, 5.41) is 5.23. The number of anilines is 1. The second kappa shape index (κ2) is 6.44. The first-order valence-corrected chi connectivity index (χ1v) is 8.31. The maximum absolute atomic E-state index is 13.7. The molecule has 22 heavy (non-hydrogen) atoms. The lowest BCUT2D eigenvalue weighted by Crippen LogP contribution is -2.18. The minimum Gasteiger partial charge on any atom is -0.462 e. The number of H-pyrrole nitrogens is 1. The molecule has 0 atom stereocenters. The third-order valence-electron chi connectivity index (χ3n) is 2.54. The Balaban J connectivity index is 2.35. The second-order valence-corrected chi connectivity index (χ2v) is 6.60. The topological polar surface area (TPSA) is 101 Å². The van der Waals surface area contributed by atoms with E-state index < -0.39 is 26.8 Å². The average Bonchev–Trinajstić information content (AvgIpc) is 2.92. The molecular formula is C12H11BrFN3O4S. The van der Waals surface area contributed by atoms with Crippen LogP contribution in [0.3, 0.4) is 0 Å². The van der Waals surface area contributed by atoms with Crippen molar-refractivity contribution in [3.63, 3.8) is 0 Å². The van der Waals surface area contributed by atoms with Gasteiger partial charge >= 0.3 is 5.97 Å². The first-order valence-electron chi connectivity index (χ1n) is 6.03. The van der Waals surface area contributed by atoms with Gasteiger partial charge in [-0.25, -0.2) is 9.18 Å². The van der Waals surface area contributed by atoms with Gasteiger partial charge in [0.05, 0.1) is 18.5 Å². The van der Waals surface area contributed by atoms with Crippen molar-refractivity contribution < 1.29 is 22.3 Å². The van der Waals surface area contributed by atoms with Crippen LogP contribution in [-0.2, 0) is 14.8 Å². The maximum atomic E-state index is 13.7. The van der Waals surface area contributed by atoms with Crippen molar-refractivity contribution in [2.45, 2.75) is 11.9 Å². The largest absolute Gasteiger partial charge is 0.462 e. The van der Waals surface area contributed by atoms with Crippen LogP contribution in [0.25, 0.3) is 0 Å². The monoisotopic (exact) mass is 391 g/mol. The number of aromatic nitrogens is 2. The van der Waals surface area contributed by atoms with Gasteiger partial charge in [0.2, 0.25) is 0 Å². The quantitative estimate of drug-likeness (QED) is 0.761. The van der Waals surface area contributed by atoms with E-state index in [0.717, 1.165) is 12.3 Å². The van der Waals surface area contributed by atoms with E-state index >= 15 is 0 Å². The molecule has 7 nitrogen and oxygen atoms in total. The Hall–Kier alpha value is -1.94. The summed E-state index contributed by atoms with van der Waals surface area (Å²) in [7, 11) is -4.22. The van der Waals surface area contributed by atoms with Gasteiger partial charge in [0.25, 0.3) is 10.0 Å². The number of carbonyl (C=O) groups excluding carboxylic acids is 1. The van der Waals surface area contributed by atoms with Crippen LogP contribution in [0.15, 0.2) is 33.9 Å². The Labute approximate surface area is 134 Å². The Kier molecular flexibility index (Phi) is 4.81. The SMILES string of the molecule is CCOC(=O)c1cn[nH]c1S(=O)(=O)Nc1ccc(Br)cc1F. The molecule has 0 saturated carbocycles. The molecule has 2 aromatic rings. The summed E-state index contributed by atoms with van der Waals surface area (Å²) >= 11 is 3.07. The van der Waals surface area contributed by atoms with E-state index in [1.807, 2.05) is 0 Å². The molecular weight excluding hydrogens is 381 g/mol. The molecule has 0 aliphatic carbocycles. The molecule has 1 heterocycles. The summed E-state index contributed by atoms with van der Waals surface area (Å²) in [5.74, 6) is -1.61. The number of nitrogens with one attached hydrogen (secondary N) is 2. The first kappa shape index (κ1) is 16.4. The normalized spacial score (nSPS) is 11.2. The molecule has 0 aliphatic rings. The summed E-state index contributed by atoms with van der Waals surface area (Å²) in [6.07, 6.45) is 1.03. The third kappa shape index (κ3) is 3.45. The van der Waals surface area contributed by atoms with Crippen molar-refractivity contribution in [3.8, 4) is 0 Å². The predicted molar refractivity (Wildman–Crippen MR) is 79.5 cm³/mol. The average molecular weight is 392 g/mol. The van der Waals surface area contributed by atoms with Crippen molar-refractivity contribution in [1.82, 2.24) is 10.2 Å². The predicted octanol–water partition coefficient (Wildman–Crippen LogP) is 2.29. The minimum absolute atomic E-state index is 0.0816. The van der Waals surface area contributed by atoms with Gasteiger partial charge in [-0.15, -0.1) is 0 Å². The highest BCUT2D eigenvalue weighted by Gasteiger charge is 2.26. The number of sulfonamides is 1. The number of ether oxygens (including phenoxy) is 1. The second-order valence-electron chi connectivity index (χ2n) is 4.06. The molecule has 2 N–H and O–H groups in total. The van der Waals surface area contributed by atoms with E-state index in [1.54, 1.807) is 6.92 Å². The highest BCUT2D eigenvalue weighted by Crippen LogP contribution is 2.23. The molecule has 0 unspecified atom stereocenters. The third-order valence-corrected chi connectivity index (χ3v) is 4.37. The fourth-order valence-electron chi connectivity index (χ4n) is 1.60. The van der Waals surface area contributed by atoms with Crippen molar-refractivity contribution in [2.75, 3.05) is 11.3 Å². The summed E-state index contributed by atoms with van der Waals surface area (Å²) < 4.78 is 45.5. The number of benzene rings is 1. The molecule has 10 heteroatoms. The Morgan fingerprint density at radius 3 is 2.86 bits per heavy atom. The van der Waals surface area contributed by atoms with Crippen LogP contribution >= 0.6 is 15.9 Å². The molecule has 0 amide bonds. The molecule has 0 fully saturated rings. The number of hydrogen-bond acceptors (Lipinski definition) is 5. The number of aromatic amines is 1. The van der Waals surface area contributed by atoms with Crippen LogP contribution in [0.5, 0.6) is 0 Å². The number of rotatable bonds is 5. The van der Waals surface area contributed by atoms with E-state index in [9.17, 15) is 17.6 Å². The van der Waals surface area contributed by atoms with Crippen molar-refractivity contribution >= 4 is 37.6 Å². The fraction of sp³-hybridized carbons (Fsp3) is 0.167. The fourth-order valence-corrected chi connectivity index (χ4v) is 3.09. The van der Waals surface area contributed by atoms with E-state index in [2.05, 4.69) is 30.8 Å². The smallest absolute Gasteiger partial charge is 0.342 e.